The number of para-hydroxylation sites is 1. The highest BCUT2D eigenvalue weighted by molar-refractivity contribution is 5.35. The van der Waals surface area contributed by atoms with E-state index in [0.717, 1.165) is 25.4 Å². The first kappa shape index (κ1) is 14.4. The van der Waals surface area contributed by atoms with Crippen LogP contribution in [0.2, 0.25) is 0 Å². The van der Waals surface area contributed by atoms with E-state index in [1.54, 1.807) is 0 Å². The molecule has 0 bridgehead atoms. The van der Waals surface area contributed by atoms with Crippen LogP contribution in [0.3, 0.4) is 0 Å². The van der Waals surface area contributed by atoms with Gasteiger partial charge in [-0.25, -0.2) is 0 Å². The number of hydrogen-bond donors (Lipinski definition) is 1. The standard InChI is InChI=1S/C16H25NO2/c1-12(2)19-16-9-5-4-8-15(16)13(3)17-14-7-6-10-18-11-14/h4-5,8-9,12-14,17H,6-7,10-11H2,1-3H3. The minimum atomic E-state index is 0.200. The summed E-state index contributed by atoms with van der Waals surface area (Å²) >= 11 is 0. The van der Waals surface area contributed by atoms with Crippen LogP contribution in [0, 0.1) is 0 Å². The second-order valence-electron chi connectivity index (χ2n) is 5.51. The van der Waals surface area contributed by atoms with Gasteiger partial charge in [-0.3, -0.25) is 0 Å². The summed E-state index contributed by atoms with van der Waals surface area (Å²) in [7, 11) is 0. The maximum atomic E-state index is 5.88. The largest absolute Gasteiger partial charge is 0.491 e. The van der Waals surface area contributed by atoms with Crippen molar-refractivity contribution in [1.29, 1.82) is 0 Å². The molecule has 3 heteroatoms. The fourth-order valence-electron chi connectivity index (χ4n) is 2.52. The van der Waals surface area contributed by atoms with E-state index in [1.165, 1.54) is 12.0 Å². The number of rotatable bonds is 5. The Bertz CT molecular complexity index is 386. The molecule has 1 aliphatic rings. The zero-order chi connectivity index (χ0) is 13.7. The minimum absolute atomic E-state index is 0.200. The van der Waals surface area contributed by atoms with E-state index in [2.05, 4.69) is 38.2 Å². The van der Waals surface area contributed by atoms with Crippen molar-refractivity contribution in [3.05, 3.63) is 29.8 Å². The second kappa shape index (κ2) is 6.92. The lowest BCUT2D eigenvalue weighted by Crippen LogP contribution is -2.38. The first-order chi connectivity index (χ1) is 9.16. The lowest BCUT2D eigenvalue weighted by molar-refractivity contribution is 0.0669. The smallest absolute Gasteiger partial charge is 0.124 e. The summed E-state index contributed by atoms with van der Waals surface area (Å²) in [5.74, 6) is 0.981. The first-order valence-corrected chi connectivity index (χ1v) is 7.26. The van der Waals surface area contributed by atoms with Crippen molar-refractivity contribution in [2.75, 3.05) is 13.2 Å². The minimum Gasteiger partial charge on any atom is -0.491 e. The molecule has 1 heterocycles. The number of nitrogens with one attached hydrogen (secondary N) is 1. The predicted molar refractivity (Wildman–Crippen MR) is 77.6 cm³/mol. The van der Waals surface area contributed by atoms with Crippen LogP contribution in [-0.4, -0.2) is 25.4 Å². The van der Waals surface area contributed by atoms with Crippen molar-refractivity contribution in [2.24, 2.45) is 0 Å². The Morgan fingerprint density at radius 1 is 1.26 bits per heavy atom. The normalized spacial score (nSPS) is 21.4. The number of hydrogen-bond acceptors (Lipinski definition) is 3. The summed E-state index contributed by atoms with van der Waals surface area (Å²) in [5, 5.41) is 3.64. The highest BCUT2D eigenvalue weighted by atomic mass is 16.5. The molecule has 1 N–H and O–H groups in total. The third-order valence-corrected chi connectivity index (χ3v) is 3.39. The van der Waals surface area contributed by atoms with Gasteiger partial charge in [0.1, 0.15) is 5.75 Å². The molecule has 3 nitrogen and oxygen atoms in total. The van der Waals surface area contributed by atoms with E-state index < -0.39 is 0 Å². The molecule has 1 fully saturated rings. The van der Waals surface area contributed by atoms with E-state index in [-0.39, 0.29) is 12.1 Å². The predicted octanol–water partition coefficient (Wildman–Crippen LogP) is 3.30. The summed E-state index contributed by atoms with van der Waals surface area (Å²) in [6.45, 7) is 8.03. The highest BCUT2D eigenvalue weighted by Crippen LogP contribution is 2.26. The van der Waals surface area contributed by atoms with Gasteiger partial charge in [0.05, 0.1) is 12.7 Å². The van der Waals surface area contributed by atoms with Crippen molar-refractivity contribution < 1.29 is 9.47 Å². The number of benzene rings is 1. The van der Waals surface area contributed by atoms with E-state index in [4.69, 9.17) is 9.47 Å². The summed E-state index contributed by atoms with van der Waals surface area (Å²) in [6, 6.07) is 9.01. The van der Waals surface area contributed by atoms with Crippen LogP contribution in [0.15, 0.2) is 24.3 Å². The molecule has 2 atom stereocenters. The molecule has 0 spiro atoms. The Morgan fingerprint density at radius 2 is 2.05 bits per heavy atom. The molecule has 1 aromatic rings. The van der Waals surface area contributed by atoms with Crippen molar-refractivity contribution >= 4 is 0 Å². The van der Waals surface area contributed by atoms with Gasteiger partial charge < -0.3 is 14.8 Å². The van der Waals surface area contributed by atoms with Gasteiger partial charge >= 0.3 is 0 Å². The van der Waals surface area contributed by atoms with Gasteiger partial charge in [-0.15, -0.1) is 0 Å². The van der Waals surface area contributed by atoms with E-state index >= 15 is 0 Å². The third-order valence-electron chi connectivity index (χ3n) is 3.39. The van der Waals surface area contributed by atoms with Crippen molar-refractivity contribution in [3.8, 4) is 5.75 Å². The van der Waals surface area contributed by atoms with E-state index in [0.29, 0.717) is 6.04 Å². The Morgan fingerprint density at radius 3 is 2.74 bits per heavy atom. The van der Waals surface area contributed by atoms with E-state index in [9.17, 15) is 0 Å². The van der Waals surface area contributed by atoms with Crippen LogP contribution >= 0.6 is 0 Å². The maximum Gasteiger partial charge on any atom is 0.124 e. The molecule has 0 amide bonds. The van der Waals surface area contributed by atoms with Crippen molar-refractivity contribution in [3.63, 3.8) is 0 Å². The Kier molecular flexibility index (Phi) is 5.23. The zero-order valence-electron chi connectivity index (χ0n) is 12.2. The van der Waals surface area contributed by atoms with Gasteiger partial charge in [0.25, 0.3) is 0 Å². The molecule has 1 aliphatic heterocycles. The average Bonchev–Trinajstić information content (AvgIpc) is 2.39. The highest BCUT2D eigenvalue weighted by Gasteiger charge is 2.19. The van der Waals surface area contributed by atoms with Gasteiger partial charge in [0.15, 0.2) is 0 Å². The van der Waals surface area contributed by atoms with Gasteiger partial charge in [0.2, 0.25) is 0 Å². The van der Waals surface area contributed by atoms with E-state index in [1.807, 2.05) is 12.1 Å². The van der Waals surface area contributed by atoms with Crippen molar-refractivity contribution in [1.82, 2.24) is 5.32 Å². The molecule has 19 heavy (non-hydrogen) atoms. The summed E-state index contributed by atoms with van der Waals surface area (Å²) in [5.41, 5.74) is 1.22. The molecular formula is C16H25NO2. The topological polar surface area (TPSA) is 30.5 Å². The molecule has 2 unspecified atom stereocenters. The first-order valence-electron chi connectivity index (χ1n) is 7.26. The molecule has 2 rings (SSSR count). The SMILES string of the molecule is CC(C)Oc1ccccc1C(C)NC1CCCOC1. The zero-order valence-corrected chi connectivity index (χ0v) is 12.2. The van der Waals surface area contributed by atoms with Crippen LogP contribution in [0.1, 0.15) is 45.2 Å². The van der Waals surface area contributed by atoms with Crippen LogP contribution < -0.4 is 10.1 Å². The fraction of sp³-hybridized carbons (Fsp3) is 0.625. The molecule has 0 radical (unpaired) electrons. The molecule has 0 aliphatic carbocycles. The monoisotopic (exact) mass is 263 g/mol. The third kappa shape index (κ3) is 4.22. The lowest BCUT2D eigenvalue weighted by atomic mass is 10.0. The summed E-state index contributed by atoms with van der Waals surface area (Å²) in [4.78, 5) is 0. The Balaban J connectivity index is 2.02. The molecule has 0 aromatic heterocycles. The van der Waals surface area contributed by atoms with Gasteiger partial charge in [-0.2, -0.15) is 0 Å². The molecule has 1 saturated heterocycles. The fourth-order valence-corrected chi connectivity index (χ4v) is 2.52. The Labute approximate surface area is 116 Å². The average molecular weight is 263 g/mol. The van der Waals surface area contributed by atoms with Crippen molar-refractivity contribution in [2.45, 2.75) is 51.8 Å². The molecule has 1 aromatic carbocycles. The Hall–Kier alpha value is -1.06. The van der Waals surface area contributed by atoms with Crippen LogP contribution in [0.4, 0.5) is 0 Å². The molecule has 0 saturated carbocycles. The van der Waals surface area contributed by atoms with Crippen LogP contribution in [-0.2, 0) is 4.74 Å². The molecule has 106 valence electrons. The van der Waals surface area contributed by atoms with Crippen LogP contribution in [0.25, 0.3) is 0 Å². The van der Waals surface area contributed by atoms with Gasteiger partial charge in [-0.1, -0.05) is 18.2 Å². The van der Waals surface area contributed by atoms with Gasteiger partial charge in [-0.05, 0) is 39.7 Å². The molecular weight excluding hydrogens is 238 g/mol. The number of ether oxygens (including phenoxy) is 2. The van der Waals surface area contributed by atoms with Gasteiger partial charge in [0, 0.05) is 24.3 Å². The summed E-state index contributed by atoms with van der Waals surface area (Å²) in [6.07, 6.45) is 2.54. The second-order valence-corrected chi connectivity index (χ2v) is 5.51. The summed E-state index contributed by atoms with van der Waals surface area (Å²) < 4.78 is 11.4. The quantitative estimate of drug-likeness (QED) is 0.884. The maximum absolute atomic E-state index is 5.88. The van der Waals surface area contributed by atoms with Crippen LogP contribution in [0.5, 0.6) is 5.75 Å². The lowest BCUT2D eigenvalue weighted by Gasteiger charge is -2.28.